The van der Waals surface area contributed by atoms with Crippen molar-refractivity contribution in [3.63, 3.8) is 0 Å². The smallest absolute Gasteiger partial charge is 0.315 e. The summed E-state index contributed by atoms with van der Waals surface area (Å²) in [7, 11) is 0. The van der Waals surface area contributed by atoms with Gasteiger partial charge in [0.1, 0.15) is 0 Å². The van der Waals surface area contributed by atoms with E-state index in [1.165, 1.54) is 30.4 Å². The molecular formula is C20H28O4. The predicted octanol–water partition coefficient (Wildman–Crippen LogP) is 3.99. The van der Waals surface area contributed by atoms with Gasteiger partial charge in [-0.15, -0.1) is 0 Å². The van der Waals surface area contributed by atoms with Crippen molar-refractivity contribution in [2.45, 2.75) is 72.5 Å². The van der Waals surface area contributed by atoms with Gasteiger partial charge in [0, 0.05) is 0 Å². The Morgan fingerprint density at radius 3 is 2.46 bits per heavy atom. The Morgan fingerprint density at radius 1 is 1.04 bits per heavy atom. The standard InChI is InChI=1S/C20H28O4/c1-11-14-13(20(4)9-5-8-19(2,3)10-20)7-6-12-15(14)18(23-16(11)21)24-17(12)22/h11-12,15,18H,5-10H2,1-4H3. The Labute approximate surface area is 144 Å². The summed E-state index contributed by atoms with van der Waals surface area (Å²) < 4.78 is 10.8. The molecule has 4 heteroatoms. The van der Waals surface area contributed by atoms with Gasteiger partial charge in [-0.3, -0.25) is 9.59 Å². The molecule has 3 fully saturated rings. The SMILES string of the molecule is CC1C(=O)OC2OC(=O)C3CCC(C4(C)CCCC(C)(C)C4)=C1C23. The molecule has 5 atom stereocenters. The third-order valence-electron chi connectivity index (χ3n) is 6.91. The molecule has 4 rings (SSSR count). The maximum Gasteiger partial charge on any atom is 0.315 e. The summed E-state index contributed by atoms with van der Waals surface area (Å²) in [5.74, 6) is -0.837. The predicted molar refractivity (Wildman–Crippen MR) is 88.7 cm³/mol. The first-order chi connectivity index (χ1) is 11.2. The van der Waals surface area contributed by atoms with E-state index in [-0.39, 0.29) is 35.1 Å². The van der Waals surface area contributed by atoms with Gasteiger partial charge in [-0.1, -0.05) is 32.8 Å². The van der Waals surface area contributed by atoms with E-state index in [1.807, 2.05) is 6.92 Å². The van der Waals surface area contributed by atoms with Gasteiger partial charge in [-0.2, -0.15) is 0 Å². The fraction of sp³-hybridized carbons (Fsp3) is 0.800. The molecule has 5 unspecified atom stereocenters. The molecule has 0 N–H and O–H groups in total. The number of carbonyl (C=O) groups is 2. The number of ether oxygens (including phenoxy) is 2. The summed E-state index contributed by atoms with van der Waals surface area (Å²) >= 11 is 0. The third-order valence-corrected chi connectivity index (χ3v) is 6.91. The monoisotopic (exact) mass is 332 g/mol. The number of carbonyl (C=O) groups excluding carboxylic acids is 2. The van der Waals surface area contributed by atoms with Crippen molar-refractivity contribution in [1.82, 2.24) is 0 Å². The molecule has 0 aromatic carbocycles. The van der Waals surface area contributed by atoms with E-state index in [1.54, 1.807) is 0 Å². The van der Waals surface area contributed by atoms with Crippen LogP contribution in [0.25, 0.3) is 0 Å². The number of allylic oxidation sites excluding steroid dienone is 1. The quantitative estimate of drug-likeness (QED) is 0.538. The number of esters is 2. The number of hydrogen-bond donors (Lipinski definition) is 0. The topological polar surface area (TPSA) is 52.6 Å². The minimum Gasteiger partial charge on any atom is -0.424 e. The van der Waals surface area contributed by atoms with Crippen LogP contribution in [-0.2, 0) is 19.1 Å². The second-order valence-electron chi connectivity index (χ2n) is 9.32. The minimum absolute atomic E-state index is 0.0455. The van der Waals surface area contributed by atoms with Crippen molar-refractivity contribution in [3.05, 3.63) is 11.1 Å². The molecule has 4 aliphatic rings. The van der Waals surface area contributed by atoms with E-state index in [2.05, 4.69) is 20.8 Å². The van der Waals surface area contributed by atoms with E-state index < -0.39 is 6.29 Å². The Hall–Kier alpha value is -1.32. The molecule has 4 nitrogen and oxygen atoms in total. The lowest BCUT2D eigenvalue weighted by atomic mass is 9.56. The van der Waals surface area contributed by atoms with Crippen molar-refractivity contribution in [2.75, 3.05) is 0 Å². The lowest BCUT2D eigenvalue weighted by molar-refractivity contribution is -0.188. The summed E-state index contributed by atoms with van der Waals surface area (Å²) in [5, 5.41) is 0. The number of hydrogen-bond acceptors (Lipinski definition) is 4. The Morgan fingerprint density at radius 2 is 1.75 bits per heavy atom. The van der Waals surface area contributed by atoms with Crippen LogP contribution in [0.15, 0.2) is 11.1 Å². The van der Waals surface area contributed by atoms with Crippen LogP contribution in [0.2, 0.25) is 0 Å². The summed E-state index contributed by atoms with van der Waals surface area (Å²) in [5.41, 5.74) is 3.07. The molecule has 2 aliphatic heterocycles. The van der Waals surface area contributed by atoms with Gasteiger partial charge in [-0.05, 0) is 55.4 Å². The van der Waals surface area contributed by atoms with Gasteiger partial charge in [-0.25, -0.2) is 0 Å². The molecule has 0 bridgehead atoms. The van der Waals surface area contributed by atoms with Crippen molar-refractivity contribution in [1.29, 1.82) is 0 Å². The largest absolute Gasteiger partial charge is 0.424 e. The highest BCUT2D eigenvalue weighted by Crippen LogP contribution is 2.58. The zero-order valence-corrected chi connectivity index (χ0v) is 15.2. The van der Waals surface area contributed by atoms with E-state index in [0.29, 0.717) is 5.41 Å². The molecule has 1 saturated carbocycles. The number of rotatable bonds is 1. The molecule has 24 heavy (non-hydrogen) atoms. The van der Waals surface area contributed by atoms with Crippen molar-refractivity contribution < 1.29 is 19.1 Å². The first kappa shape index (κ1) is 16.2. The van der Waals surface area contributed by atoms with E-state index >= 15 is 0 Å². The normalized spacial score (nSPS) is 44.0. The summed E-state index contributed by atoms with van der Waals surface area (Å²) in [6.45, 7) is 9.02. The van der Waals surface area contributed by atoms with Crippen LogP contribution in [0.1, 0.15) is 66.2 Å². The van der Waals surface area contributed by atoms with Gasteiger partial charge in [0.2, 0.25) is 0 Å². The van der Waals surface area contributed by atoms with Crippen molar-refractivity contribution in [2.24, 2.45) is 28.6 Å². The molecule has 0 aromatic rings. The van der Waals surface area contributed by atoms with Crippen LogP contribution in [0.5, 0.6) is 0 Å². The Kier molecular flexibility index (Phi) is 3.43. The van der Waals surface area contributed by atoms with Gasteiger partial charge < -0.3 is 9.47 Å². The minimum atomic E-state index is -0.684. The lowest BCUT2D eigenvalue weighted by Gasteiger charge is -2.49. The molecule has 0 amide bonds. The molecule has 2 saturated heterocycles. The van der Waals surface area contributed by atoms with Crippen LogP contribution in [0.4, 0.5) is 0 Å². The maximum absolute atomic E-state index is 12.4. The van der Waals surface area contributed by atoms with Crippen LogP contribution in [0.3, 0.4) is 0 Å². The van der Waals surface area contributed by atoms with Crippen molar-refractivity contribution >= 4 is 11.9 Å². The summed E-state index contributed by atoms with van der Waals surface area (Å²) in [6.07, 6.45) is 5.88. The van der Waals surface area contributed by atoms with Crippen LogP contribution in [-0.4, -0.2) is 18.2 Å². The van der Waals surface area contributed by atoms with Gasteiger partial charge in [0.05, 0.1) is 17.8 Å². The highest BCUT2D eigenvalue weighted by Gasteiger charge is 2.57. The van der Waals surface area contributed by atoms with Gasteiger partial charge >= 0.3 is 11.9 Å². The highest BCUT2D eigenvalue weighted by molar-refractivity contribution is 5.82. The van der Waals surface area contributed by atoms with E-state index in [4.69, 9.17) is 9.47 Å². The fourth-order valence-corrected chi connectivity index (χ4v) is 6.01. The average molecular weight is 332 g/mol. The second-order valence-corrected chi connectivity index (χ2v) is 9.32. The fourth-order valence-electron chi connectivity index (χ4n) is 6.01. The first-order valence-electron chi connectivity index (χ1n) is 9.36. The molecular weight excluding hydrogens is 304 g/mol. The van der Waals surface area contributed by atoms with Crippen LogP contribution >= 0.6 is 0 Å². The highest BCUT2D eigenvalue weighted by atomic mass is 16.7. The zero-order valence-electron chi connectivity index (χ0n) is 15.2. The molecule has 2 heterocycles. The van der Waals surface area contributed by atoms with Crippen LogP contribution in [0, 0.1) is 28.6 Å². The molecule has 0 spiro atoms. The zero-order chi connectivity index (χ0) is 17.3. The molecule has 0 radical (unpaired) electrons. The average Bonchev–Trinajstić information content (AvgIpc) is 2.80. The summed E-state index contributed by atoms with van der Waals surface area (Å²) in [4.78, 5) is 24.6. The Balaban J connectivity index is 1.81. The molecule has 0 aromatic heterocycles. The van der Waals surface area contributed by atoms with Gasteiger partial charge in [0.15, 0.2) is 0 Å². The van der Waals surface area contributed by atoms with E-state index in [0.717, 1.165) is 19.3 Å². The second kappa shape index (κ2) is 5.09. The molecule has 2 aliphatic carbocycles. The molecule has 132 valence electrons. The van der Waals surface area contributed by atoms with Crippen molar-refractivity contribution in [3.8, 4) is 0 Å². The lowest BCUT2D eigenvalue weighted by Crippen LogP contribution is -2.44. The Bertz CT molecular complexity index is 632. The maximum atomic E-state index is 12.4. The van der Waals surface area contributed by atoms with Crippen LogP contribution < -0.4 is 0 Å². The van der Waals surface area contributed by atoms with E-state index in [9.17, 15) is 9.59 Å². The first-order valence-corrected chi connectivity index (χ1v) is 9.36. The van der Waals surface area contributed by atoms with Gasteiger partial charge in [0.25, 0.3) is 6.29 Å². The summed E-state index contributed by atoms with van der Waals surface area (Å²) in [6, 6.07) is 0. The third kappa shape index (κ3) is 2.25.